The van der Waals surface area contributed by atoms with Crippen molar-refractivity contribution >= 4 is 27.3 Å². The Kier molecular flexibility index (Phi) is 5.53. The molecule has 0 aromatic carbocycles. The van der Waals surface area contributed by atoms with Gasteiger partial charge < -0.3 is 18.1 Å². The number of hydrogen-bond donors (Lipinski definition) is 0. The second-order valence-electron chi connectivity index (χ2n) is 2.50. The van der Waals surface area contributed by atoms with Gasteiger partial charge in [-0.1, -0.05) is 12.6 Å². The van der Waals surface area contributed by atoms with Gasteiger partial charge in [-0.2, -0.15) is 0 Å². The Labute approximate surface area is 80.4 Å². The van der Waals surface area contributed by atoms with Gasteiger partial charge in [-0.15, -0.1) is 0 Å². The van der Waals surface area contributed by atoms with Crippen molar-refractivity contribution in [1.29, 1.82) is 0 Å². The molecule has 4 nitrogen and oxygen atoms in total. The van der Waals surface area contributed by atoms with Gasteiger partial charge >= 0.3 is 0 Å². The standard InChI is InChI=1S/C7H18O4P2/c1-8-12(5,9-2)7-13(6,10-3)11-4/h5-7H2,1-4H3. The molecule has 0 aliphatic heterocycles. The van der Waals surface area contributed by atoms with Gasteiger partial charge in [0, 0.05) is 28.4 Å². The molecule has 0 aliphatic rings. The minimum Gasteiger partial charge on any atom is -0.340 e. The summed E-state index contributed by atoms with van der Waals surface area (Å²) in [7, 11) is 2.08. The van der Waals surface area contributed by atoms with Crippen LogP contribution in [0.1, 0.15) is 0 Å². The van der Waals surface area contributed by atoms with Crippen molar-refractivity contribution in [3.05, 3.63) is 0 Å². The lowest BCUT2D eigenvalue weighted by Gasteiger charge is -2.28. The molecule has 0 bridgehead atoms. The van der Waals surface area contributed by atoms with Crippen LogP contribution in [0.5, 0.6) is 0 Å². The van der Waals surface area contributed by atoms with Gasteiger partial charge in [0.05, 0.1) is 5.90 Å². The molecule has 0 heterocycles. The zero-order valence-electron chi connectivity index (χ0n) is 8.65. The summed E-state index contributed by atoms with van der Waals surface area (Å²) in [6.45, 7) is 0. The van der Waals surface area contributed by atoms with Gasteiger partial charge in [0.25, 0.3) is 0 Å². The summed E-state index contributed by atoms with van der Waals surface area (Å²) >= 11 is 0. The number of rotatable bonds is 6. The van der Waals surface area contributed by atoms with Gasteiger partial charge in [0.15, 0.2) is 0 Å². The smallest absolute Gasteiger partial charge is 0.125 e. The van der Waals surface area contributed by atoms with E-state index in [4.69, 9.17) is 18.1 Å². The highest BCUT2D eigenvalue weighted by atomic mass is 31.2. The zero-order valence-corrected chi connectivity index (χ0v) is 10.4. The predicted molar refractivity (Wildman–Crippen MR) is 61.0 cm³/mol. The van der Waals surface area contributed by atoms with Gasteiger partial charge in [0.2, 0.25) is 0 Å². The summed E-state index contributed by atoms with van der Waals surface area (Å²) in [5.41, 5.74) is 0. The zero-order chi connectivity index (χ0) is 10.5. The van der Waals surface area contributed by atoms with Crippen molar-refractivity contribution < 1.29 is 18.1 Å². The second kappa shape index (κ2) is 5.35. The van der Waals surface area contributed by atoms with Crippen molar-refractivity contribution in [3.8, 4) is 0 Å². The van der Waals surface area contributed by atoms with E-state index in [9.17, 15) is 0 Å². The minimum atomic E-state index is -2.10. The van der Waals surface area contributed by atoms with Crippen molar-refractivity contribution in [2.24, 2.45) is 0 Å². The van der Waals surface area contributed by atoms with Crippen LogP contribution in [0.3, 0.4) is 0 Å². The molecule has 13 heavy (non-hydrogen) atoms. The first kappa shape index (κ1) is 13.4. The molecule has 0 saturated heterocycles. The molecule has 0 unspecified atom stereocenters. The van der Waals surface area contributed by atoms with Crippen LogP contribution in [0.25, 0.3) is 0 Å². The molecule has 0 radical (unpaired) electrons. The van der Waals surface area contributed by atoms with Crippen LogP contribution in [0.4, 0.5) is 0 Å². The third-order valence-electron chi connectivity index (χ3n) is 1.76. The van der Waals surface area contributed by atoms with E-state index in [2.05, 4.69) is 12.6 Å². The van der Waals surface area contributed by atoms with Crippen LogP contribution in [0, 0.1) is 0 Å². The van der Waals surface area contributed by atoms with E-state index >= 15 is 0 Å². The van der Waals surface area contributed by atoms with Crippen molar-refractivity contribution in [1.82, 2.24) is 0 Å². The molecule has 0 spiro atoms. The van der Waals surface area contributed by atoms with Crippen LogP contribution < -0.4 is 0 Å². The first-order valence-corrected chi connectivity index (χ1v) is 7.62. The normalized spacial score (nSPS) is 13.2. The molecular weight excluding hydrogens is 210 g/mol. The lowest BCUT2D eigenvalue weighted by molar-refractivity contribution is 0.322. The summed E-state index contributed by atoms with van der Waals surface area (Å²) < 4.78 is 20.8. The quantitative estimate of drug-likeness (QED) is 0.652. The molecule has 80 valence electrons. The fourth-order valence-corrected chi connectivity index (χ4v) is 5.48. The summed E-state index contributed by atoms with van der Waals surface area (Å²) in [4.78, 5) is 0. The topological polar surface area (TPSA) is 36.9 Å². The molecule has 0 saturated carbocycles. The lowest BCUT2D eigenvalue weighted by Crippen LogP contribution is -2.00. The highest BCUT2D eigenvalue weighted by Gasteiger charge is 2.23. The molecule has 0 aliphatic carbocycles. The number of hydrogen-bond acceptors (Lipinski definition) is 4. The van der Waals surface area contributed by atoms with Gasteiger partial charge in [-0.05, 0) is 0 Å². The molecule has 0 aromatic heterocycles. The molecule has 0 N–H and O–H groups in total. The van der Waals surface area contributed by atoms with E-state index in [0.717, 1.165) is 0 Å². The molecular formula is C7H18O4P2. The molecule has 0 aromatic rings. The van der Waals surface area contributed by atoms with Crippen LogP contribution >= 0.6 is 14.7 Å². The van der Waals surface area contributed by atoms with E-state index in [1.54, 1.807) is 28.4 Å². The maximum atomic E-state index is 5.19. The third kappa shape index (κ3) is 3.99. The summed E-state index contributed by atoms with van der Waals surface area (Å²) in [6, 6.07) is 0. The minimum absolute atomic E-state index is 0.500. The Balaban J connectivity index is 4.57. The van der Waals surface area contributed by atoms with E-state index in [1.165, 1.54) is 0 Å². The van der Waals surface area contributed by atoms with E-state index < -0.39 is 14.7 Å². The molecule has 0 rings (SSSR count). The average Bonchev–Trinajstić information content (AvgIpc) is 2.17. The predicted octanol–water partition coefficient (Wildman–Crippen LogP) is 2.09. The Morgan fingerprint density at radius 3 is 1.15 bits per heavy atom. The van der Waals surface area contributed by atoms with Gasteiger partial charge in [-0.3, -0.25) is 0 Å². The lowest BCUT2D eigenvalue weighted by atomic mass is 11.8. The summed E-state index contributed by atoms with van der Waals surface area (Å²) in [5.74, 6) is 0.500. The molecule has 6 heteroatoms. The molecule has 0 amide bonds. The summed E-state index contributed by atoms with van der Waals surface area (Å²) in [6.07, 6.45) is 7.76. The Hall–Kier alpha value is 0.440. The fourth-order valence-electron chi connectivity index (χ4n) is 0.708. The van der Waals surface area contributed by atoms with Crippen LogP contribution in [-0.2, 0) is 18.1 Å². The average molecular weight is 228 g/mol. The van der Waals surface area contributed by atoms with Crippen molar-refractivity contribution in [3.63, 3.8) is 0 Å². The molecule has 0 atom stereocenters. The highest BCUT2D eigenvalue weighted by molar-refractivity contribution is 7.80. The van der Waals surface area contributed by atoms with E-state index in [-0.39, 0.29) is 0 Å². The van der Waals surface area contributed by atoms with Gasteiger partial charge in [-0.25, -0.2) is 0 Å². The Morgan fingerprint density at radius 2 is 1.00 bits per heavy atom. The van der Waals surface area contributed by atoms with E-state index in [0.29, 0.717) is 5.90 Å². The molecule has 0 fully saturated rings. The third-order valence-corrected chi connectivity index (χ3v) is 7.87. The second-order valence-corrected chi connectivity index (χ2v) is 8.35. The van der Waals surface area contributed by atoms with Crippen LogP contribution in [-0.4, -0.2) is 46.9 Å². The maximum Gasteiger partial charge on any atom is 0.125 e. The Bertz CT molecular complexity index is 199. The first-order valence-electron chi connectivity index (χ1n) is 3.63. The SMILES string of the molecule is C=P(CP(=C)(OC)OC)(OC)OC. The largest absolute Gasteiger partial charge is 0.340 e. The Morgan fingerprint density at radius 1 is 0.769 bits per heavy atom. The maximum absolute atomic E-state index is 5.19. The van der Waals surface area contributed by atoms with Crippen LogP contribution in [0.15, 0.2) is 0 Å². The monoisotopic (exact) mass is 228 g/mol. The highest BCUT2D eigenvalue weighted by Crippen LogP contribution is 2.61. The fraction of sp³-hybridized carbons (Fsp3) is 0.714. The first-order chi connectivity index (χ1) is 5.95. The van der Waals surface area contributed by atoms with E-state index in [1.807, 2.05) is 0 Å². The van der Waals surface area contributed by atoms with Crippen molar-refractivity contribution in [2.75, 3.05) is 34.3 Å². The van der Waals surface area contributed by atoms with Gasteiger partial charge in [0.1, 0.15) is 14.7 Å². The van der Waals surface area contributed by atoms with Crippen molar-refractivity contribution in [2.45, 2.75) is 0 Å². The van der Waals surface area contributed by atoms with Crippen LogP contribution in [0.2, 0.25) is 0 Å². The summed E-state index contributed by atoms with van der Waals surface area (Å²) in [5, 5.41) is 0.